The lowest BCUT2D eigenvalue weighted by Crippen LogP contribution is -2.40. The highest BCUT2D eigenvalue weighted by molar-refractivity contribution is 6.30. The summed E-state index contributed by atoms with van der Waals surface area (Å²) in [5, 5.41) is 0.610. The van der Waals surface area contributed by atoms with Crippen LogP contribution < -0.4 is 10.3 Å². The fourth-order valence-electron chi connectivity index (χ4n) is 3.81. The summed E-state index contributed by atoms with van der Waals surface area (Å²) in [6, 6.07) is 9.10. The Hall–Kier alpha value is -2.93. The Morgan fingerprint density at radius 2 is 2.00 bits per heavy atom. The van der Waals surface area contributed by atoms with E-state index in [2.05, 4.69) is 4.98 Å². The Morgan fingerprint density at radius 1 is 1.22 bits per heavy atom. The van der Waals surface area contributed by atoms with Gasteiger partial charge in [0.2, 0.25) is 0 Å². The summed E-state index contributed by atoms with van der Waals surface area (Å²) in [6.45, 7) is 6.38. The van der Waals surface area contributed by atoms with Crippen molar-refractivity contribution < 1.29 is 14.3 Å². The van der Waals surface area contributed by atoms with Gasteiger partial charge in [-0.05, 0) is 36.8 Å². The van der Waals surface area contributed by atoms with Crippen molar-refractivity contribution in [1.29, 1.82) is 0 Å². The summed E-state index contributed by atoms with van der Waals surface area (Å²) in [4.78, 5) is 29.3. The number of fused-ring (bicyclic) bond motifs is 1. The van der Waals surface area contributed by atoms with Crippen LogP contribution in [-0.2, 0) is 4.74 Å². The molecule has 0 unspecified atom stereocenters. The summed E-state index contributed by atoms with van der Waals surface area (Å²) < 4.78 is 13.1. The minimum atomic E-state index is -0.230. The van der Waals surface area contributed by atoms with Crippen molar-refractivity contribution in [3.8, 4) is 17.0 Å². The maximum absolute atomic E-state index is 12.6. The van der Waals surface area contributed by atoms with Crippen LogP contribution in [0.2, 0.25) is 5.02 Å². The minimum absolute atomic E-state index is 0.189. The second kappa shape index (κ2) is 9.69. The summed E-state index contributed by atoms with van der Waals surface area (Å²) in [6.07, 6.45) is 5.17. The fraction of sp³-hybridized carbons (Fsp3) is 0.417. The van der Waals surface area contributed by atoms with E-state index in [0.717, 1.165) is 18.4 Å². The van der Waals surface area contributed by atoms with Crippen molar-refractivity contribution in [2.45, 2.75) is 26.7 Å². The molecule has 0 bridgehead atoms. The number of carbonyl (C=O) groups excluding carboxylic acids is 1. The van der Waals surface area contributed by atoms with Gasteiger partial charge >= 0.3 is 6.09 Å². The second-order valence-corrected chi connectivity index (χ2v) is 9.12. The number of halogens is 1. The number of H-pyrrole nitrogens is 1. The molecular formula is C24H28ClN3O4. The van der Waals surface area contributed by atoms with Crippen molar-refractivity contribution in [3.63, 3.8) is 0 Å². The molecule has 0 aliphatic carbocycles. The Kier molecular flexibility index (Phi) is 6.74. The number of hydrogen-bond donors (Lipinski definition) is 1. The van der Waals surface area contributed by atoms with Crippen molar-refractivity contribution in [2.24, 2.45) is 11.8 Å². The molecule has 4 rings (SSSR count). The number of carbonyl (C=O) groups is 1. The van der Waals surface area contributed by atoms with E-state index in [0.29, 0.717) is 60.1 Å². The molecule has 0 saturated carbocycles. The van der Waals surface area contributed by atoms with Gasteiger partial charge in [0.15, 0.2) is 0 Å². The molecule has 8 heteroatoms. The topological polar surface area (TPSA) is 76.0 Å². The first kappa shape index (κ1) is 22.3. The molecular weight excluding hydrogens is 430 g/mol. The highest BCUT2D eigenvalue weighted by Gasteiger charge is 2.24. The van der Waals surface area contributed by atoms with Crippen LogP contribution in [0.3, 0.4) is 0 Å². The zero-order valence-corrected chi connectivity index (χ0v) is 19.1. The summed E-state index contributed by atoms with van der Waals surface area (Å²) in [5.74, 6) is 1.33. The monoisotopic (exact) mass is 457 g/mol. The molecule has 1 aliphatic rings. The number of amides is 1. The molecule has 1 fully saturated rings. The minimum Gasteiger partial charge on any atom is -0.492 e. The van der Waals surface area contributed by atoms with Crippen LogP contribution in [0.1, 0.15) is 26.7 Å². The van der Waals surface area contributed by atoms with Crippen LogP contribution in [0.25, 0.3) is 16.8 Å². The first-order valence-corrected chi connectivity index (χ1v) is 11.3. The van der Waals surface area contributed by atoms with Gasteiger partial charge in [-0.25, -0.2) is 4.79 Å². The Bertz CT molecular complexity index is 1150. The number of nitrogens with one attached hydrogen (secondary N) is 1. The molecule has 1 amide bonds. The fourth-order valence-corrected chi connectivity index (χ4v) is 4.00. The van der Waals surface area contributed by atoms with Crippen LogP contribution in [0, 0.1) is 11.8 Å². The van der Waals surface area contributed by atoms with Crippen molar-refractivity contribution in [2.75, 3.05) is 26.3 Å². The molecule has 0 atom stereocenters. The molecule has 1 N–H and O–H groups in total. The number of ether oxygens (including phenoxy) is 2. The molecule has 1 saturated heterocycles. The molecule has 1 aromatic carbocycles. The maximum atomic E-state index is 12.6. The van der Waals surface area contributed by atoms with Crippen molar-refractivity contribution in [1.82, 2.24) is 14.3 Å². The van der Waals surface area contributed by atoms with Gasteiger partial charge in [0.1, 0.15) is 11.3 Å². The third-order valence-electron chi connectivity index (χ3n) is 5.61. The Balaban J connectivity index is 1.36. The van der Waals surface area contributed by atoms with Gasteiger partial charge in [0, 0.05) is 35.9 Å². The number of likely N-dealkylation sites (tertiary alicyclic amines) is 1. The van der Waals surface area contributed by atoms with Gasteiger partial charge in [-0.15, -0.1) is 0 Å². The number of benzene rings is 1. The normalized spacial score (nSPS) is 14.8. The van der Waals surface area contributed by atoms with E-state index >= 15 is 0 Å². The molecule has 2 aromatic heterocycles. The smallest absolute Gasteiger partial charge is 0.409 e. The van der Waals surface area contributed by atoms with Gasteiger partial charge in [0.05, 0.1) is 25.1 Å². The molecule has 0 radical (unpaired) electrons. The van der Waals surface area contributed by atoms with E-state index in [1.165, 1.54) is 0 Å². The SMILES string of the molecule is CC(C)COC(=O)N1CCC(COc2cc3c(=O)[nH]c(-c4cccc(Cl)c4)cn3c2)CC1. The lowest BCUT2D eigenvalue weighted by molar-refractivity contribution is 0.0733. The average Bonchev–Trinajstić information content (AvgIpc) is 3.20. The molecule has 3 heterocycles. The number of rotatable bonds is 6. The largest absolute Gasteiger partial charge is 0.492 e. The average molecular weight is 458 g/mol. The van der Waals surface area contributed by atoms with E-state index in [4.69, 9.17) is 21.1 Å². The Morgan fingerprint density at radius 3 is 2.72 bits per heavy atom. The molecule has 7 nitrogen and oxygen atoms in total. The first-order valence-electron chi connectivity index (χ1n) is 10.9. The van der Waals surface area contributed by atoms with Crippen LogP contribution in [0.4, 0.5) is 4.79 Å². The molecule has 3 aromatic rings. The van der Waals surface area contributed by atoms with E-state index < -0.39 is 0 Å². The molecule has 170 valence electrons. The molecule has 0 spiro atoms. The predicted molar refractivity (Wildman–Crippen MR) is 124 cm³/mol. The quantitative estimate of drug-likeness (QED) is 0.575. The van der Waals surface area contributed by atoms with Crippen molar-refractivity contribution >= 4 is 23.2 Å². The van der Waals surface area contributed by atoms with Crippen LogP contribution in [-0.4, -0.2) is 46.7 Å². The third-order valence-corrected chi connectivity index (χ3v) is 5.84. The van der Waals surface area contributed by atoms with Gasteiger partial charge in [-0.2, -0.15) is 0 Å². The zero-order chi connectivity index (χ0) is 22.7. The maximum Gasteiger partial charge on any atom is 0.409 e. The zero-order valence-electron chi connectivity index (χ0n) is 18.3. The first-order chi connectivity index (χ1) is 15.4. The summed E-state index contributed by atoms with van der Waals surface area (Å²) in [7, 11) is 0. The van der Waals surface area contributed by atoms with E-state index in [1.807, 2.05) is 44.4 Å². The van der Waals surface area contributed by atoms with Gasteiger partial charge in [-0.3, -0.25) is 4.79 Å². The summed E-state index contributed by atoms with van der Waals surface area (Å²) in [5.41, 5.74) is 1.86. The van der Waals surface area contributed by atoms with E-state index in [1.54, 1.807) is 21.4 Å². The number of piperidine rings is 1. The lowest BCUT2D eigenvalue weighted by atomic mass is 9.98. The van der Waals surface area contributed by atoms with Crippen LogP contribution >= 0.6 is 11.6 Å². The number of aromatic amines is 1. The number of hydrogen-bond acceptors (Lipinski definition) is 4. The molecule has 32 heavy (non-hydrogen) atoms. The number of nitrogens with zero attached hydrogens (tertiary/aromatic N) is 2. The second-order valence-electron chi connectivity index (χ2n) is 8.69. The molecule has 1 aliphatic heterocycles. The highest BCUT2D eigenvalue weighted by Crippen LogP contribution is 2.24. The van der Waals surface area contributed by atoms with Gasteiger partial charge in [0.25, 0.3) is 5.56 Å². The van der Waals surface area contributed by atoms with Gasteiger partial charge < -0.3 is 23.8 Å². The highest BCUT2D eigenvalue weighted by atomic mass is 35.5. The summed E-state index contributed by atoms with van der Waals surface area (Å²) >= 11 is 6.08. The predicted octanol–water partition coefficient (Wildman–Crippen LogP) is 4.83. The van der Waals surface area contributed by atoms with Crippen LogP contribution in [0.5, 0.6) is 5.75 Å². The lowest BCUT2D eigenvalue weighted by Gasteiger charge is -2.31. The van der Waals surface area contributed by atoms with E-state index in [-0.39, 0.29) is 11.7 Å². The van der Waals surface area contributed by atoms with Crippen molar-refractivity contribution in [3.05, 3.63) is 58.1 Å². The Labute approximate surface area is 191 Å². The standard InChI is InChI=1S/C24H28ClN3O4/c1-16(2)14-32-24(30)27-8-6-17(7-9-27)15-31-20-11-22-23(29)26-21(13-28(22)12-20)18-4-3-5-19(25)10-18/h3-5,10-13,16-17H,6-9,14-15H2,1-2H3,(H,26,29). The van der Waals surface area contributed by atoms with Crippen LogP contribution in [0.15, 0.2) is 47.5 Å². The number of aromatic nitrogens is 2. The van der Waals surface area contributed by atoms with E-state index in [9.17, 15) is 9.59 Å². The third kappa shape index (κ3) is 5.27. The van der Waals surface area contributed by atoms with Gasteiger partial charge in [-0.1, -0.05) is 37.6 Å².